The Labute approximate surface area is 152 Å². The molecule has 2 rings (SSSR count). The summed E-state index contributed by atoms with van der Waals surface area (Å²) >= 11 is 0. The van der Waals surface area contributed by atoms with Crippen LogP contribution in [0.4, 0.5) is 0 Å². The van der Waals surface area contributed by atoms with E-state index in [-0.39, 0.29) is 11.7 Å². The molecule has 0 bridgehead atoms. The van der Waals surface area contributed by atoms with E-state index in [0.717, 1.165) is 6.42 Å². The average molecular weight is 358 g/mol. The molecule has 0 radical (unpaired) electrons. The van der Waals surface area contributed by atoms with Gasteiger partial charge in [0.1, 0.15) is 0 Å². The number of ether oxygens (including phenoxy) is 3. The molecular formula is C19H22N2O5. The van der Waals surface area contributed by atoms with Crippen LogP contribution in [0.2, 0.25) is 0 Å². The van der Waals surface area contributed by atoms with Crippen molar-refractivity contribution in [3.05, 3.63) is 47.5 Å². The van der Waals surface area contributed by atoms with E-state index in [1.165, 1.54) is 26.5 Å². The van der Waals surface area contributed by atoms with Gasteiger partial charge in [0.05, 0.1) is 27.0 Å². The van der Waals surface area contributed by atoms with Gasteiger partial charge in [0.2, 0.25) is 0 Å². The van der Waals surface area contributed by atoms with E-state index in [0.29, 0.717) is 35.0 Å². The first-order valence-electron chi connectivity index (χ1n) is 8.10. The minimum absolute atomic E-state index is 0.0335. The molecule has 0 aromatic heterocycles. The summed E-state index contributed by atoms with van der Waals surface area (Å²) in [6, 6.07) is 9.67. The summed E-state index contributed by atoms with van der Waals surface area (Å²) in [6.07, 6.45) is 2.33. The molecule has 0 spiro atoms. The Morgan fingerprint density at radius 2 is 1.88 bits per heavy atom. The van der Waals surface area contributed by atoms with Crippen LogP contribution < -0.4 is 19.6 Å². The van der Waals surface area contributed by atoms with Crippen LogP contribution in [-0.2, 0) is 0 Å². The lowest BCUT2D eigenvalue weighted by atomic mass is 10.2. The maximum atomic E-state index is 12.2. The Morgan fingerprint density at radius 1 is 1.12 bits per heavy atom. The molecule has 0 fully saturated rings. The molecule has 26 heavy (non-hydrogen) atoms. The SMILES string of the molecule is CCCOc1ccc(C(=O)N/N=C/c2ccc(O)c(OC)c2)cc1OC. The molecule has 138 valence electrons. The molecule has 1 amide bonds. The molecule has 0 saturated heterocycles. The maximum absolute atomic E-state index is 12.2. The lowest BCUT2D eigenvalue weighted by Gasteiger charge is -2.11. The number of carbonyl (C=O) groups excluding carboxylic acids is 1. The zero-order valence-corrected chi connectivity index (χ0v) is 15.0. The van der Waals surface area contributed by atoms with Crippen molar-refractivity contribution < 1.29 is 24.1 Å². The molecule has 0 aliphatic heterocycles. The average Bonchev–Trinajstić information content (AvgIpc) is 2.67. The largest absolute Gasteiger partial charge is 0.504 e. The quantitative estimate of drug-likeness (QED) is 0.559. The van der Waals surface area contributed by atoms with Crippen LogP contribution in [0.1, 0.15) is 29.3 Å². The van der Waals surface area contributed by atoms with Crippen LogP contribution in [0.25, 0.3) is 0 Å². The molecule has 2 aromatic rings. The second-order valence-corrected chi connectivity index (χ2v) is 5.34. The molecule has 0 unspecified atom stereocenters. The van der Waals surface area contributed by atoms with Crippen molar-refractivity contribution in [3.8, 4) is 23.0 Å². The van der Waals surface area contributed by atoms with Gasteiger partial charge in [-0.05, 0) is 48.4 Å². The zero-order valence-electron chi connectivity index (χ0n) is 15.0. The van der Waals surface area contributed by atoms with E-state index in [2.05, 4.69) is 10.5 Å². The molecular weight excluding hydrogens is 336 g/mol. The fourth-order valence-electron chi connectivity index (χ4n) is 2.14. The second-order valence-electron chi connectivity index (χ2n) is 5.34. The number of carbonyl (C=O) groups is 1. The highest BCUT2D eigenvalue weighted by Gasteiger charge is 2.10. The van der Waals surface area contributed by atoms with Crippen LogP contribution >= 0.6 is 0 Å². The van der Waals surface area contributed by atoms with Gasteiger partial charge in [0.25, 0.3) is 5.91 Å². The lowest BCUT2D eigenvalue weighted by Crippen LogP contribution is -2.17. The highest BCUT2D eigenvalue weighted by atomic mass is 16.5. The van der Waals surface area contributed by atoms with E-state index in [4.69, 9.17) is 14.2 Å². The van der Waals surface area contributed by atoms with Crippen molar-refractivity contribution in [2.75, 3.05) is 20.8 Å². The number of nitrogens with one attached hydrogen (secondary N) is 1. The van der Waals surface area contributed by atoms with E-state index in [1.807, 2.05) is 6.92 Å². The fraction of sp³-hybridized carbons (Fsp3) is 0.263. The van der Waals surface area contributed by atoms with E-state index in [9.17, 15) is 9.90 Å². The highest BCUT2D eigenvalue weighted by molar-refractivity contribution is 5.95. The first kappa shape index (κ1) is 19.1. The molecule has 0 atom stereocenters. The van der Waals surface area contributed by atoms with Crippen LogP contribution in [0, 0.1) is 0 Å². The molecule has 0 aliphatic rings. The van der Waals surface area contributed by atoms with Crippen LogP contribution in [0.3, 0.4) is 0 Å². The first-order valence-corrected chi connectivity index (χ1v) is 8.10. The third kappa shape index (κ3) is 4.89. The summed E-state index contributed by atoms with van der Waals surface area (Å²) in [7, 11) is 2.98. The van der Waals surface area contributed by atoms with Gasteiger partial charge in [-0.25, -0.2) is 5.43 Å². The summed E-state index contributed by atoms with van der Waals surface area (Å²) < 4.78 is 15.8. The van der Waals surface area contributed by atoms with Crippen molar-refractivity contribution in [2.24, 2.45) is 5.10 Å². The number of aromatic hydroxyl groups is 1. The number of methoxy groups -OCH3 is 2. The summed E-state index contributed by atoms with van der Waals surface area (Å²) in [5.74, 6) is 1.05. The Balaban J connectivity index is 2.05. The Kier molecular flexibility index (Phi) is 6.84. The summed E-state index contributed by atoms with van der Waals surface area (Å²) in [6.45, 7) is 2.58. The topological polar surface area (TPSA) is 89.4 Å². The van der Waals surface area contributed by atoms with Gasteiger partial charge in [-0.2, -0.15) is 5.10 Å². The highest BCUT2D eigenvalue weighted by Crippen LogP contribution is 2.28. The van der Waals surface area contributed by atoms with E-state index >= 15 is 0 Å². The summed E-state index contributed by atoms with van der Waals surface area (Å²) in [4.78, 5) is 12.2. The van der Waals surface area contributed by atoms with Crippen LogP contribution in [-0.4, -0.2) is 38.1 Å². The van der Waals surface area contributed by atoms with Gasteiger partial charge in [-0.1, -0.05) is 6.92 Å². The van der Waals surface area contributed by atoms with Gasteiger partial charge < -0.3 is 19.3 Å². The first-order chi connectivity index (χ1) is 12.6. The molecule has 0 saturated carbocycles. The molecule has 2 aromatic carbocycles. The van der Waals surface area contributed by atoms with Crippen LogP contribution in [0.5, 0.6) is 23.0 Å². The molecule has 2 N–H and O–H groups in total. The van der Waals surface area contributed by atoms with Crippen molar-refractivity contribution in [1.29, 1.82) is 0 Å². The van der Waals surface area contributed by atoms with Crippen molar-refractivity contribution in [1.82, 2.24) is 5.43 Å². The lowest BCUT2D eigenvalue weighted by molar-refractivity contribution is 0.0954. The van der Waals surface area contributed by atoms with Gasteiger partial charge in [-0.3, -0.25) is 4.79 Å². The normalized spacial score (nSPS) is 10.6. The van der Waals surface area contributed by atoms with Gasteiger partial charge >= 0.3 is 0 Å². The Hall–Kier alpha value is -3.22. The number of rotatable bonds is 8. The van der Waals surface area contributed by atoms with Crippen molar-refractivity contribution >= 4 is 12.1 Å². The molecule has 7 nitrogen and oxygen atoms in total. The van der Waals surface area contributed by atoms with Crippen LogP contribution in [0.15, 0.2) is 41.5 Å². The number of benzene rings is 2. The summed E-state index contributed by atoms with van der Waals surface area (Å²) in [5.41, 5.74) is 3.51. The van der Waals surface area contributed by atoms with Gasteiger partial charge in [0.15, 0.2) is 23.0 Å². The second kappa shape index (κ2) is 9.31. The van der Waals surface area contributed by atoms with Crippen molar-refractivity contribution in [2.45, 2.75) is 13.3 Å². The number of phenols is 1. The number of phenolic OH excluding ortho intramolecular Hbond substituents is 1. The third-order valence-electron chi connectivity index (χ3n) is 3.47. The molecule has 7 heteroatoms. The minimum atomic E-state index is -0.382. The monoisotopic (exact) mass is 358 g/mol. The predicted molar refractivity (Wildman–Crippen MR) is 98.5 cm³/mol. The van der Waals surface area contributed by atoms with Crippen molar-refractivity contribution in [3.63, 3.8) is 0 Å². The number of hydrogen-bond acceptors (Lipinski definition) is 6. The zero-order chi connectivity index (χ0) is 18.9. The third-order valence-corrected chi connectivity index (χ3v) is 3.47. The van der Waals surface area contributed by atoms with Gasteiger partial charge in [0, 0.05) is 5.56 Å². The Bertz CT molecular complexity index is 789. The smallest absolute Gasteiger partial charge is 0.271 e. The summed E-state index contributed by atoms with van der Waals surface area (Å²) in [5, 5.41) is 13.5. The maximum Gasteiger partial charge on any atom is 0.271 e. The predicted octanol–water partition coefficient (Wildman–Crippen LogP) is 2.96. The Morgan fingerprint density at radius 3 is 2.58 bits per heavy atom. The van der Waals surface area contributed by atoms with E-state index in [1.54, 1.807) is 30.3 Å². The fourth-order valence-corrected chi connectivity index (χ4v) is 2.14. The van der Waals surface area contributed by atoms with E-state index < -0.39 is 0 Å². The number of hydrazone groups is 1. The number of hydrogen-bond donors (Lipinski definition) is 2. The molecule has 0 heterocycles. The number of amides is 1. The minimum Gasteiger partial charge on any atom is -0.504 e. The standard InChI is InChI=1S/C19H22N2O5/c1-4-9-26-16-8-6-14(11-18(16)25-3)19(23)21-20-12-13-5-7-15(22)17(10-13)24-2/h5-8,10-12,22H,4,9H2,1-3H3,(H,21,23)/b20-12+. The van der Waals surface area contributed by atoms with Gasteiger partial charge in [-0.15, -0.1) is 0 Å². The molecule has 0 aliphatic carbocycles. The number of nitrogens with zero attached hydrogens (tertiary/aromatic N) is 1.